The Morgan fingerprint density at radius 3 is 2.17 bits per heavy atom. The Kier molecular flexibility index (Phi) is 5.53. The fraction of sp³-hybridized carbons (Fsp3) is 0.455. The highest BCUT2D eigenvalue weighted by Gasteiger charge is 2.48. The second-order valence-electron chi connectivity index (χ2n) is 8.35. The molecule has 7 heteroatoms. The number of anilines is 1. The number of para-hydroxylation sites is 1. The van der Waals surface area contributed by atoms with Crippen molar-refractivity contribution in [3.05, 3.63) is 62.6 Å². The molecule has 2 aromatic rings. The largest absolute Gasteiger partial charge is 0.381 e. The molecule has 2 aliphatic rings. The number of halogens is 4. The van der Waals surface area contributed by atoms with Gasteiger partial charge in [-0.2, -0.15) is 0 Å². The molecular weight excluding hydrogens is 417 g/mol. The summed E-state index contributed by atoms with van der Waals surface area (Å²) < 4.78 is 25.7. The molecule has 4 rings (SSSR count). The molecule has 2 aromatic carbocycles. The van der Waals surface area contributed by atoms with E-state index in [9.17, 15) is 13.9 Å². The number of nitrogens with zero attached hydrogens (tertiary/aromatic N) is 2. The highest BCUT2D eigenvalue weighted by atomic mass is 35.5. The molecule has 0 amide bonds. The minimum Gasteiger partial charge on any atom is -0.381 e. The fourth-order valence-corrected chi connectivity index (χ4v) is 5.01. The summed E-state index contributed by atoms with van der Waals surface area (Å²) in [6.45, 7) is 6.45. The third-order valence-corrected chi connectivity index (χ3v) is 6.72. The van der Waals surface area contributed by atoms with Crippen molar-refractivity contribution in [2.24, 2.45) is 0 Å². The minimum atomic E-state index is -2.70. The van der Waals surface area contributed by atoms with Gasteiger partial charge in [0.05, 0.1) is 15.7 Å². The second kappa shape index (κ2) is 7.69. The van der Waals surface area contributed by atoms with Gasteiger partial charge in [0.15, 0.2) is 5.60 Å². The first-order valence-electron chi connectivity index (χ1n) is 9.70. The quantitative estimate of drug-likeness (QED) is 0.706. The van der Waals surface area contributed by atoms with E-state index in [0.29, 0.717) is 22.5 Å². The Balaban J connectivity index is 1.42. The third-order valence-electron chi connectivity index (χ3n) is 6.11. The first-order chi connectivity index (χ1) is 13.7. The van der Waals surface area contributed by atoms with Crippen molar-refractivity contribution in [2.45, 2.75) is 38.3 Å². The van der Waals surface area contributed by atoms with Crippen LogP contribution in [0.15, 0.2) is 30.3 Å². The molecule has 2 heterocycles. The molecular formula is C22H24Cl2F2N2O. The van der Waals surface area contributed by atoms with E-state index in [2.05, 4.69) is 30.9 Å². The van der Waals surface area contributed by atoms with E-state index in [1.165, 1.54) is 5.56 Å². The zero-order valence-electron chi connectivity index (χ0n) is 16.4. The van der Waals surface area contributed by atoms with Crippen molar-refractivity contribution >= 4 is 28.9 Å². The lowest BCUT2D eigenvalue weighted by molar-refractivity contribution is -0.182. The number of hydrogen-bond acceptors (Lipinski definition) is 3. The lowest BCUT2D eigenvalue weighted by atomic mass is 9.86. The van der Waals surface area contributed by atoms with Gasteiger partial charge in [0.2, 0.25) is 0 Å². The number of hydrogen-bond donors (Lipinski definition) is 1. The number of benzene rings is 2. The molecule has 0 aromatic heterocycles. The lowest BCUT2D eigenvalue weighted by Crippen LogP contribution is -2.65. The molecule has 29 heavy (non-hydrogen) atoms. The first-order valence-corrected chi connectivity index (χ1v) is 10.5. The van der Waals surface area contributed by atoms with Crippen LogP contribution in [0.3, 0.4) is 0 Å². The van der Waals surface area contributed by atoms with Crippen molar-refractivity contribution in [3.8, 4) is 0 Å². The number of β-amino-alcohol motifs (C(OH)–C–C–N with tert-alkyl or cyclic N) is 1. The van der Waals surface area contributed by atoms with Crippen molar-refractivity contribution < 1.29 is 13.9 Å². The summed E-state index contributed by atoms with van der Waals surface area (Å²) in [5.74, 6) is 0.404. The normalized spacial score (nSPS) is 19.4. The van der Waals surface area contributed by atoms with Crippen molar-refractivity contribution in [3.63, 3.8) is 0 Å². The highest BCUT2D eigenvalue weighted by molar-refractivity contribution is 6.39. The van der Waals surface area contributed by atoms with Gasteiger partial charge in [-0.3, -0.25) is 4.90 Å². The van der Waals surface area contributed by atoms with Gasteiger partial charge in [-0.25, -0.2) is 8.78 Å². The van der Waals surface area contributed by atoms with E-state index < -0.39 is 12.0 Å². The summed E-state index contributed by atoms with van der Waals surface area (Å²) in [5, 5.41) is 11.1. The molecule has 2 aliphatic heterocycles. The maximum Gasteiger partial charge on any atom is 0.269 e. The van der Waals surface area contributed by atoms with E-state index in [1.807, 2.05) is 23.1 Å². The van der Waals surface area contributed by atoms with Gasteiger partial charge in [-0.05, 0) is 48.2 Å². The monoisotopic (exact) mass is 440 g/mol. The molecule has 1 N–H and O–H groups in total. The van der Waals surface area contributed by atoms with Crippen LogP contribution in [0.5, 0.6) is 0 Å². The molecule has 0 bridgehead atoms. The zero-order valence-corrected chi connectivity index (χ0v) is 17.9. The van der Waals surface area contributed by atoms with Gasteiger partial charge in [0.1, 0.15) is 0 Å². The van der Waals surface area contributed by atoms with Crippen LogP contribution >= 0.6 is 23.2 Å². The van der Waals surface area contributed by atoms with Crippen LogP contribution in [-0.4, -0.2) is 48.2 Å². The Labute approximate surface area is 179 Å². The predicted octanol–water partition coefficient (Wildman–Crippen LogP) is 5.03. The smallest absolute Gasteiger partial charge is 0.269 e. The molecule has 0 unspecified atom stereocenters. The molecule has 0 aliphatic carbocycles. The number of likely N-dealkylation sites (tertiary alicyclic amines) is 1. The highest BCUT2D eigenvalue weighted by Crippen LogP contribution is 2.40. The summed E-state index contributed by atoms with van der Waals surface area (Å²) in [6.07, 6.45) is -2.70. The van der Waals surface area contributed by atoms with Gasteiger partial charge in [0, 0.05) is 38.6 Å². The van der Waals surface area contributed by atoms with Crippen LogP contribution in [-0.2, 0) is 6.54 Å². The standard InChI is InChI=1S/C22H24Cl2F2N2O/c1-13-6-15(16-8-28(9-16)20-18(23)4-3-5-19(20)24)7-14(2)17(13)10-27-11-22(29,12-27)21(25)26/h3-7,16,21,29H,8-12H2,1-2H3. The van der Waals surface area contributed by atoms with Gasteiger partial charge >= 0.3 is 0 Å². The Morgan fingerprint density at radius 2 is 1.66 bits per heavy atom. The maximum atomic E-state index is 12.8. The number of alkyl halides is 2. The van der Waals surface area contributed by atoms with Crippen molar-refractivity contribution in [1.29, 1.82) is 0 Å². The molecule has 0 spiro atoms. The first kappa shape index (κ1) is 20.9. The second-order valence-corrected chi connectivity index (χ2v) is 9.17. The van der Waals surface area contributed by atoms with E-state index in [4.69, 9.17) is 23.2 Å². The van der Waals surface area contributed by atoms with Crippen molar-refractivity contribution in [2.75, 3.05) is 31.1 Å². The summed E-state index contributed by atoms with van der Waals surface area (Å²) >= 11 is 12.6. The topological polar surface area (TPSA) is 26.7 Å². The van der Waals surface area contributed by atoms with Gasteiger partial charge < -0.3 is 10.0 Å². The van der Waals surface area contributed by atoms with Crippen LogP contribution in [0.1, 0.15) is 28.2 Å². The Hall–Kier alpha value is -1.40. The van der Waals surface area contributed by atoms with Crippen LogP contribution in [0.2, 0.25) is 10.0 Å². The summed E-state index contributed by atoms with van der Waals surface area (Å²) in [6, 6.07) is 9.93. The molecule has 156 valence electrons. The minimum absolute atomic E-state index is 0.0154. The summed E-state index contributed by atoms with van der Waals surface area (Å²) in [4.78, 5) is 4.06. The molecule has 0 atom stereocenters. The molecule has 3 nitrogen and oxygen atoms in total. The van der Waals surface area contributed by atoms with Crippen LogP contribution < -0.4 is 4.90 Å². The average Bonchev–Trinajstić information content (AvgIpc) is 2.57. The zero-order chi connectivity index (χ0) is 20.9. The fourth-order valence-electron chi connectivity index (χ4n) is 4.38. The van der Waals surface area contributed by atoms with E-state index in [0.717, 1.165) is 35.5 Å². The summed E-state index contributed by atoms with van der Waals surface area (Å²) in [7, 11) is 0. The molecule has 0 saturated carbocycles. The van der Waals surface area contributed by atoms with Gasteiger partial charge in [-0.1, -0.05) is 41.4 Å². The molecule has 2 saturated heterocycles. The number of aliphatic hydroxyl groups is 1. The molecule has 0 radical (unpaired) electrons. The Morgan fingerprint density at radius 1 is 1.10 bits per heavy atom. The van der Waals surface area contributed by atoms with E-state index in [1.54, 1.807) is 0 Å². The van der Waals surface area contributed by atoms with Gasteiger partial charge in [-0.15, -0.1) is 0 Å². The average molecular weight is 441 g/mol. The van der Waals surface area contributed by atoms with Gasteiger partial charge in [0.25, 0.3) is 6.43 Å². The van der Waals surface area contributed by atoms with E-state index in [-0.39, 0.29) is 13.1 Å². The Bertz CT molecular complexity index is 882. The lowest BCUT2D eigenvalue weighted by Gasteiger charge is -2.46. The van der Waals surface area contributed by atoms with Crippen LogP contribution in [0.4, 0.5) is 14.5 Å². The molecule has 2 fully saturated rings. The number of rotatable bonds is 5. The van der Waals surface area contributed by atoms with Crippen LogP contribution in [0.25, 0.3) is 0 Å². The number of aryl methyl sites for hydroxylation is 2. The predicted molar refractivity (Wildman–Crippen MR) is 114 cm³/mol. The van der Waals surface area contributed by atoms with Crippen molar-refractivity contribution in [1.82, 2.24) is 4.90 Å². The third kappa shape index (κ3) is 3.86. The van der Waals surface area contributed by atoms with E-state index >= 15 is 0 Å². The maximum absolute atomic E-state index is 12.8. The summed E-state index contributed by atoms with van der Waals surface area (Å²) in [5.41, 5.74) is 3.77. The van der Waals surface area contributed by atoms with Crippen LogP contribution in [0, 0.1) is 13.8 Å². The SMILES string of the molecule is Cc1cc(C2CN(c3c(Cl)cccc3Cl)C2)cc(C)c1CN1CC(O)(C(F)F)C1.